The molecule has 1 heterocycles. The summed E-state index contributed by atoms with van der Waals surface area (Å²) < 4.78 is 0. The van der Waals surface area contributed by atoms with Crippen LogP contribution in [-0.2, 0) is 17.4 Å². The lowest BCUT2D eigenvalue weighted by atomic mass is 9.82. The van der Waals surface area contributed by atoms with Crippen LogP contribution in [0.4, 0.5) is 10.5 Å². The van der Waals surface area contributed by atoms with Crippen molar-refractivity contribution >= 4 is 11.7 Å². The van der Waals surface area contributed by atoms with E-state index >= 15 is 0 Å². The number of benzene rings is 1. The van der Waals surface area contributed by atoms with Crippen molar-refractivity contribution in [2.45, 2.75) is 65.3 Å². The zero-order valence-corrected chi connectivity index (χ0v) is 16.0. The first-order valence-corrected chi connectivity index (χ1v) is 8.69. The molecule has 0 bridgehead atoms. The highest BCUT2D eigenvalue weighted by atomic mass is 16.2. The van der Waals surface area contributed by atoms with Crippen LogP contribution in [-0.4, -0.2) is 21.2 Å². The first kappa shape index (κ1) is 19.0. The number of anilines is 1. The van der Waals surface area contributed by atoms with Gasteiger partial charge in [0.05, 0.1) is 6.54 Å². The molecule has 2 aromatic rings. The maximum absolute atomic E-state index is 12.0. The minimum Gasteiger partial charge on any atom is -0.331 e. The van der Waals surface area contributed by atoms with E-state index in [-0.39, 0.29) is 16.9 Å². The number of carbonyl (C=O) groups is 1. The summed E-state index contributed by atoms with van der Waals surface area (Å²) in [5, 5.41) is 12.7. The van der Waals surface area contributed by atoms with E-state index in [2.05, 4.69) is 58.7 Å². The maximum Gasteiger partial charge on any atom is 0.319 e. The topological polar surface area (TPSA) is 82.7 Å². The van der Waals surface area contributed by atoms with Gasteiger partial charge in [0.15, 0.2) is 5.82 Å². The second-order valence-electron chi connectivity index (χ2n) is 7.98. The Hall–Kier alpha value is -2.37. The second kappa shape index (κ2) is 7.25. The number of nitrogens with zero attached hydrogens (tertiary/aromatic N) is 2. The minimum atomic E-state index is -0.267. The fourth-order valence-electron chi connectivity index (χ4n) is 2.26. The molecule has 0 aliphatic heterocycles. The van der Waals surface area contributed by atoms with Crippen LogP contribution in [0.25, 0.3) is 0 Å². The van der Waals surface area contributed by atoms with Gasteiger partial charge in [-0.1, -0.05) is 53.7 Å². The van der Waals surface area contributed by atoms with Gasteiger partial charge in [-0.3, -0.25) is 5.10 Å². The molecule has 2 rings (SSSR count). The highest BCUT2D eigenvalue weighted by molar-refractivity contribution is 5.89. The molecule has 3 N–H and O–H groups in total. The van der Waals surface area contributed by atoms with Gasteiger partial charge < -0.3 is 10.6 Å². The zero-order valence-electron chi connectivity index (χ0n) is 16.0. The Bertz CT molecular complexity index is 710. The fourth-order valence-corrected chi connectivity index (χ4v) is 2.26. The number of urea groups is 1. The van der Waals surface area contributed by atoms with Gasteiger partial charge in [-0.15, -0.1) is 0 Å². The fraction of sp³-hybridized carbons (Fsp3) is 0.526. The predicted octanol–water partition coefficient (Wildman–Crippen LogP) is 4.11. The van der Waals surface area contributed by atoms with Gasteiger partial charge in [0, 0.05) is 11.1 Å². The van der Waals surface area contributed by atoms with Crippen LogP contribution in [0, 0.1) is 0 Å². The van der Waals surface area contributed by atoms with Crippen LogP contribution in [0.5, 0.6) is 0 Å². The minimum absolute atomic E-state index is 0.120. The van der Waals surface area contributed by atoms with Gasteiger partial charge in [0.25, 0.3) is 0 Å². The largest absolute Gasteiger partial charge is 0.331 e. The summed E-state index contributed by atoms with van der Waals surface area (Å²) >= 11 is 0. The number of aromatic nitrogens is 3. The van der Waals surface area contributed by atoms with E-state index < -0.39 is 0 Å². The molecule has 6 heteroatoms. The molecule has 1 aromatic heterocycles. The molecule has 136 valence electrons. The number of nitrogens with one attached hydrogen (secondary N) is 3. The number of hydrogen-bond donors (Lipinski definition) is 3. The molecule has 0 unspecified atom stereocenters. The highest BCUT2D eigenvalue weighted by Crippen LogP contribution is 2.27. The third-order valence-electron chi connectivity index (χ3n) is 4.43. The van der Waals surface area contributed by atoms with Gasteiger partial charge in [0.1, 0.15) is 5.82 Å². The third-order valence-corrected chi connectivity index (χ3v) is 4.43. The lowest BCUT2D eigenvalue weighted by molar-refractivity contribution is 0.251. The average Bonchev–Trinajstić information content (AvgIpc) is 3.03. The van der Waals surface area contributed by atoms with Crippen molar-refractivity contribution in [3.63, 3.8) is 0 Å². The van der Waals surface area contributed by atoms with E-state index in [1.807, 2.05) is 32.9 Å². The quantitative estimate of drug-likeness (QED) is 0.764. The lowest BCUT2D eigenvalue weighted by Gasteiger charge is -2.23. The third kappa shape index (κ3) is 5.05. The Kier molecular flexibility index (Phi) is 5.50. The number of amides is 2. The summed E-state index contributed by atoms with van der Waals surface area (Å²) in [4.78, 5) is 16.4. The zero-order chi connectivity index (χ0) is 18.7. The Morgan fingerprint density at radius 1 is 1.12 bits per heavy atom. The molecule has 0 atom stereocenters. The molecular weight excluding hydrogens is 314 g/mol. The van der Waals surface area contributed by atoms with Crippen LogP contribution in [0.2, 0.25) is 0 Å². The molecule has 0 saturated heterocycles. The van der Waals surface area contributed by atoms with Crippen LogP contribution >= 0.6 is 0 Å². The van der Waals surface area contributed by atoms with Crippen molar-refractivity contribution in [3.05, 3.63) is 41.5 Å². The van der Waals surface area contributed by atoms with Crippen LogP contribution in [0.1, 0.15) is 65.2 Å². The van der Waals surface area contributed by atoms with Gasteiger partial charge in [-0.25, -0.2) is 9.78 Å². The molecule has 25 heavy (non-hydrogen) atoms. The monoisotopic (exact) mass is 343 g/mol. The maximum atomic E-state index is 12.0. The summed E-state index contributed by atoms with van der Waals surface area (Å²) in [6, 6.07) is 7.71. The molecule has 0 radical (unpaired) electrons. The molecule has 6 nitrogen and oxygen atoms in total. The molecule has 0 aliphatic carbocycles. The van der Waals surface area contributed by atoms with Crippen LogP contribution in [0.15, 0.2) is 24.3 Å². The molecule has 0 aliphatic rings. The van der Waals surface area contributed by atoms with Crippen LogP contribution < -0.4 is 10.6 Å². The number of hydrogen-bond acceptors (Lipinski definition) is 3. The normalized spacial score (nSPS) is 12.1. The number of carbonyl (C=O) groups excluding carboxylic acids is 1. The lowest BCUT2D eigenvalue weighted by Crippen LogP contribution is -2.28. The average molecular weight is 343 g/mol. The summed E-state index contributed by atoms with van der Waals surface area (Å²) in [5.41, 5.74) is 2.04. The van der Waals surface area contributed by atoms with Gasteiger partial charge in [0.2, 0.25) is 0 Å². The van der Waals surface area contributed by atoms with Crippen molar-refractivity contribution < 1.29 is 4.79 Å². The number of rotatable bonds is 5. The Balaban J connectivity index is 1.89. The molecular formula is C19H29N5O. The molecule has 0 spiro atoms. The Morgan fingerprint density at radius 2 is 1.76 bits per heavy atom. The standard InChI is InChI=1S/C19H29N5O/c1-7-19(5,6)13-8-10-14(11-9-13)21-17(25)20-12-15-22-16(24-23-15)18(2,3)4/h8-11H,7,12H2,1-6H3,(H2,20,21,25)(H,22,23,24). The van der Waals surface area contributed by atoms with E-state index in [0.717, 1.165) is 17.9 Å². The summed E-state index contributed by atoms with van der Waals surface area (Å²) in [6.45, 7) is 13.0. The van der Waals surface area contributed by atoms with E-state index in [1.54, 1.807) is 0 Å². The molecule has 0 saturated carbocycles. The van der Waals surface area contributed by atoms with Gasteiger partial charge in [-0.2, -0.15) is 5.10 Å². The molecule has 1 aromatic carbocycles. The summed E-state index contributed by atoms with van der Waals surface area (Å²) in [6.07, 6.45) is 1.06. The SMILES string of the molecule is CCC(C)(C)c1ccc(NC(=O)NCc2nc(C(C)(C)C)n[nH]2)cc1. The number of H-pyrrole nitrogens is 1. The summed E-state index contributed by atoms with van der Waals surface area (Å²) in [7, 11) is 0. The van der Waals surface area contributed by atoms with E-state index in [1.165, 1.54) is 5.56 Å². The van der Waals surface area contributed by atoms with Crippen molar-refractivity contribution in [3.8, 4) is 0 Å². The second-order valence-corrected chi connectivity index (χ2v) is 7.98. The van der Waals surface area contributed by atoms with Gasteiger partial charge >= 0.3 is 6.03 Å². The van der Waals surface area contributed by atoms with E-state index in [0.29, 0.717) is 12.4 Å². The van der Waals surface area contributed by atoms with Crippen molar-refractivity contribution in [1.29, 1.82) is 0 Å². The Labute approximate surface area is 149 Å². The molecule has 0 fully saturated rings. The predicted molar refractivity (Wildman–Crippen MR) is 101 cm³/mol. The van der Waals surface area contributed by atoms with Crippen LogP contribution in [0.3, 0.4) is 0 Å². The smallest absolute Gasteiger partial charge is 0.319 e. The van der Waals surface area contributed by atoms with E-state index in [9.17, 15) is 4.79 Å². The van der Waals surface area contributed by atoms with Crippen molar-refractivity contribution in [2.24, 2.45) is 0 Å². The Morgan fingerprint density at radius 3 is 2.28 bits per heavy atom. The first-order chi connectivity index (χ1) is 11.6. The highest BCUT2D eigenvalue weighted by Gasteiger charge is 2.19. The van der Waals surface area contributed by atoms with Crippen molar-refractivity contribution in [1.82, 2.24) is 20.5 Å². The van der Waals surface area contributed by atoms with E-state index in [4.69, 9.17) is 0 Å². The first-order valence-electron chi connectivity index (χ1n) is 8.69. The van der Waals surface area contributed by atoms with Gasteiger partial charge in [-0.05, 0) is 29.5 Å². The molecule has 2 amide bonds. The van der Waals surface area contributed by atoms with Crippen molar-refractivity contribution in [2.75, 3.05) is 5.32 Å². The number of aromatic amines is 1. The summed E-state index contributed by atoms with van der Waals surface area (Å²) in [5.74, 6) is 1.37.